The predicted molar refractivity (Wildman–Crippen MR) is 116 cm³/mol. The van der Waals surface area contributed by atoms with E-state index in [1.807, 2.05) is 37.3 Å². The number of nitrogens with zero attached hydrogens (tertiary/aromatic N) is 3. The molecule has 0 radical (unpaired) electrons. The van der Waals surface area contributed by atoms with E-state index < -0.39 is 11.3 Å². The third-order valence-electron chi connectivity index (χ3n) is 4.75. The molecule has 0 bridgehead atoms. The van der Waals surface area contributed by atoms with Crippen molar-refractivity contribution < 1.29 is 9.59 Å². The molecule has 0 saturated carbocycles. The predicted octanol–water partition coefficient (Wildman–Crippen LogP) is 2.57. The Labute approximate surface area is 174 Å². The number of rotatable bonds is 8. The number of hydrogen-bond acceptors (Lipinski definition) is 7. The molecule has 1 atom stereocenters. The normalized spacial score (nSPS) is 12.4. The molecule has 2 heterocycles. The summed E-state index contributed by atoms with van der Waals surface area (Å²) in [5, 5.41) is 7.28. The van der Waals surface area contributed by atoms with Crippen LogP contribution in [-0.2, 0) is 4.79 Å². The van der Waals surface area contributed by atoms with Gasteiger partial charge in [-0.05, 0) is 31.5 Å². The van der Waals surface area contributed by atoms with Crippen LogP contribution in [-0.4, -0.2) is 32.8 Å². The van der Waals surface area contributed by atoms with Crippen molar-refractivity contribution in [2.45, 2.75) is 33.2 Å². The average Bonchev–Trinajstić information content (AvgIpc) is 2.67. The van der Waals surface area contributed by atoms with Gasteiger partial charge in [0.2, 0.25) is 5.91 Å². The van der Waals surface area contributed by atoms with Crippen LogP contribution in [0.4, 0.5) is 17.3 Å². The molecular formula is C21H25N7O2. The molecule has 0 aliphatic heterocycles. The fraction of sp³-hybridized carbons (Fsp3) is 0.286. The Bertz CT molecular complexity index is 1100. The largest absolute Gasteiger partial charge is 0.369 e. The van der Waals surface area contributed by atoms with E-state index in [0.717, 1.165) is 10.9 Å². The highest BCUT2D eigenvalue weighted by Crippen LogP contribution is 2.25. The van der Waals surface area contributed by atoms with Gasteiger partial charge in [0.05, 0.1) is 11.7 Å². The molecule has 156 valence electrons. The first-order valence-electron chi connectivity index (χ1n) is 9.51. The minimum absolute atomic E-state index is 0.0202. The van der Waals surface area contributed by atoms with Crippen molar-refractivity contribution in [3.63, 3.8) is 0 Å². The quantitative estimate of drug-likeness (QED) is 0.448. The lowest BCUT2D eigenvalue weighted by Gasteiger charge is -2.25. The number of aromatic nitrogens is 3. The first-order valence-corrected chi connectivity index (χ1v) is 9.51. The van der Waals surface area contributed by atoms with Gasteiger partial charge in [-0.2, -0.15) is 0 Å². The fourth-order valence-corrected chi connectivity index (χ4v) is 3.18. The van der Waals surface area contributed by atoms with E-state index in [-0.39, 0.29) is 23.5 Å². The lowest BCUT2D eigenvalue weighted by Crippen LogP contribution is -2.36. The first-order chi connectivity index (χ1) is 14.2. The van der Waals surface area contributed by atoms with E-state index in [1.54, 1.807) is 20.0 Å². The zero-order chi connectivity index (χ0) is 21.9. The monoisotopic (exact) mass is 407 g/mol. The minimum Gasteiger partial charge on any atom is -0.369 e. The van der Waals surface area contributed by atoms with Crippen LogP contribution in [0.15, 0.2) is 42.7 Å². The van der Waals surface area contributed by atoms with Crippen LogP contribution in [0, 0.1) is 5.41 Å². The number of amides is 2. The standard InChI is InChI=1S/C21H25N7O2/c1-12(10-21(2,3)20(23)30)26-16-11-25-17(18(22)29)19(28-16)27-14-7-6-13-5-4-8-24-15(13)9-14/h4-9,11-12H,10H2,1-3H3,(H2,22,29)(H2,23,30)(H2,26,27,28). The van der Waals surface area contributed by atoms with Gasteiger partial charge in [-0.3, -0.25) is 14.6 Å². The zero-order valence-electron chi connectivity index (χ0n) is 17.1. The van der Waals surface area contributed by atoms with Gasteiger partial charge in [-0.15, -0.1) is 0 Å². The lowest BCUT2D eigenvalue weighted by molar-refractivity contribution is -0.126. The Kier molecular flexibility index (Phi) is 5.81. The maximum atomic E-state index is 11.8. The number of carbonyl (C=O) groups is 2. The van der Waals surface area contributed by atoms with Gasteiger partial charge >= 0.3 is 0 Å². The molecule has 3 aromatic rings. The van der Waals surface area contributed by atoms with E-state index in [1.165, 1.54) is 6.20 Å². The van der Waals surface area contributed by atoms with Crippen molar-refractivity contribution in [1.29, 1.82) is 0 Å². The van der Waals surface area contributed by atoms with E-state index >= 15 is 0 Å². The second-order valence-corrected chi connectivity index (χ2v) is 7.85. The van der Waals surface area contributed by atoms with Crippen LogP contribution in [0.1, 0.15) is 37.7 Å². The summed E-state index contributed by atoms with van der Waals surface area (Å²) >= 11 is 0. The number of primary amides is 2. The Balaban J connectivity index is 1.85. The van der Waals surface area contributed by atoms with E-state index in [9.17, 15) is 9.59 Å². The SMILES string of the molecule is CC(CC(C)(C)C(N)=O)Nc1cnc(C(N)=O)c(Nc2ccc3cccnc3c2)n1. The number of carbonyl (C=O) groups excluding carboxylic acids is 2. The van der Waals surface area contributed by atoms with Crippen molar-refractivity contribution in [3.05, 3.63) is 48.4 Å². The van der Waals surface area contributed by atoms with Crippen LogP contribution in [0.25, 0.3) is 10.9 Å². The Morgan fingerprint density at radius 3 is 2.63 bits per heavy atom. The summed E-state index contributed by atoms with van der Waals surface area (Å²) in [6.07, 6.45) is 3.64. The van der Waals surface area contributed by atoms with Crippen molar-refractivity contribution in [3.8, 4) is 0 Å². The van der Waals surface area contributed by atoms with Crippen LogP contribution in [0.2, 0.25) is 0 Å². The fourth-order valence-electron chi connectivity index (χ4n) is 3.18. The summed E-state index contributed by atoms with van der Waals surface area (Å²) in [5.74, 6) is -0.407. The highest BCUT2D eigenvalue weighted by Gasteiger charge is 2.27. The highest BCUT2D eigenvalue weighted by atomic mass is 16.1. The number of anilines is 3. The number of nitrogens with two attached hydrogens (primary N) is 2. The first kappa shape index (κ1) is 21.0. The van der Waals surface area contributed by atoms with E-state index in [0.29, 0.717) is 17.9 Å². The summed E-state index contributed by atoms with van der Waals surface area (Å²) in [7, 11) is 0. The Morgan fingerprint density at radius 1 is 1.17 bits per heavy atom. The number of fused-ring (bicyclic) bond motifs is 1. The summed E-state index contributed by atoms with van der Waals surface area (Å²) in [6.45, 7) is 5.49. The van der Waals surface area contributed by atoms with Gasteiger partial charge in [0.25, 0.3) is 5.91 Å². The molecule has 0 spiro atoms. The summed E-state index contributed by atoms with van der Waals surface area (Å²) in [4.78, 5) is 36.3. The smallest absolute Gasteiger partial charge is 0.271 e. The molecule has 6 N–H and O–H groups in total. The molecule has 2 aromatic heterocycles. The maximum Gasteiger partial charge on any atom is 0.271 e. The molecule has 2 amide bonds. The van der Waals surface area contributed by atoms with Crippen LogP contribution in [0.3, 0.4) is 0 Å². The van der Waals surface area contributed by atoms with Crippen molar-refractivity contribution in [1.82, 2.24) is 15.0 Å². The van der Waals surface area contributed by atoms with E-state index in [4.69, 9.17) is 11.5 Å². The second kappa shape index (κ2) is 8.32. The van der Waals surface area contributed by atoms with Gasteiger partial charge in [-0.25, -0.2) is 9.97 Å². The van der Waals surface area contributed by atoms with Crippen molar-refractivity contribution in [2.24, 2.45) is 16.9 Å². The minimum atomic E-state index is -0.696. The van der Waals surface area contributed by atoms with E-state index in [2.05, 4.69) is 25.6 Å². The van der Waals surface area contributed by atoms with Gasteiger partial charge in [0.1, 0.15) is 5.82 Å². The van der Waals surface area contributed by atoms with Crippen molar-refractivity contribution >= 4 is 40.0 Å². The van der Waals surface area contributed by atoms with Crippen LogP contribution >= 0.6 is 0 Å². The molecule has 0 aliphatic carbocycles. The zero-order valence-corrected chi connectivity index (χ0v) is 17.1. The van der Waals surface area contributed by atoms with Crippen LogP contribution < -0.4 is 22.1 Å². The second-order valence-electron chi connectivity index (χ2n) is 7.85. The average molecular weight is 407 g/mol. The molecule has 3 rings (SSSR count). The molecule has 1 aromatic carbocycles. The molecule has 9 nitrogen and oxygen atoms in total. The molecule has 30 heavy (non-hydrogen) atoms. The number of benzene rings is 1. The molecule has 0 saturated heterocycles. The summed E-state index contributed by atoms with van der Waals surface area (Å²) in [6, 6.07) is 9.33. The van der Waals surface area contributed by atoms with Gasteiger partial charge in [-0.1, -0.05) is 26.0 Å². The molecule has 0 aliphatic rings. The third kappa shape index (κ3) is 4.80. The number of pyridine rings is 1. The molecule has 9 heteroatoms. The number of hydrogen-bond donors (Lipinski definition) is 4. The van der Waals surface area contributed by atoms with Crippen LogP contribution in [0.5, 0.6) is 0 Å². The van der Waals surface area contributed by atoms with Gasteiger partial charge < -0.3 is 22.1 Å². The number of nitrogens with one attached hydrogen (secondary N) is 2. The topological polar surface area (TPSA) is 149 Å². The maximum absolute atomic E-state index is 11.8. The molecule has 1 unspecified atom stereocenters. The lowest BCUT2D eigenvalue weighted by atomic mass is 9.85. The third-order valence-corrected chi connectivity index (χ3v) is 4.75. The van der Waals surface area contributed by atoms with Gasteiger partial charge in [0.15, 0.2) is 11.5 Å². The Morgan fingerprint density at radius 2 is 1.93 bits per heavy atom. The Hall–Kier alpha value is -3.75. The highest BCUT2D eigenvalue weighted by molar-refractivity contribution is 5.96. The molecule has 0 fully saturated rings. The summed E-state index contributed by atoms with van der Waals surface area (Å²) < 4.78 is 0. The van der Waals surface area contributed by atoms with Gasteiger partial charge in [0, 0.05) is 28.7 Å². The van der Waals surface area contributed by atoms with Crippen molar-refractivity contribution in [2.75, 3.05) is 10.6 Å². The summed E-state index contributed by atoms with van der Waals surface area (Å²) in [5.41, 5.74) is 11.8. The molecular weight excluding hydrogens is 382 g/mol.